The van der Waals surface area contributed by atoms with Gasteiger partial charge in [-0.05, 0) is 49.1 Å². The van der Waals surface area contributed by atoms with Crippen LogP contribution in [0.1, 0.15) is 61.4 Å². The van der Waals surface area contributed by atoms with Crippen LogP contribution in [-0.2, 0) is 11.2 Å². The molecule has 136 valence electrons. The first-order chi connectivity index (χ1) is 12.7. The van der Waals surface area contributed by atoms with E-state index in [2.05, 4.69) is 45.4 Å². The van der Waals surface area contributed by atoms with E-state index in [9.17, 15) is 4.79 Å². The predicted octanol–water partition coefficient (Wildman–Crippen LogP) is 3.90. The third-order valence-corrected chi connectivity index (χ3v) is 6.95. The quantitative estimate of drug-likeness (QED) is 0.910. The molecular weight excluding hydrogens is 322 g/mol. The molecule has 1 saturated heterocycles. The number of likely N-dealkylation sites (tertiary alicyclic amines) is 1. The molecule has 2 aliphatic carbocycles. The molecule has 2 aromatic rings. The second-order valence-corrected chi connectivity index (χ2v) is 8.55. The molecule has 1 N–H and O–H groups in total. The summed E-state index contributed by atoms with van der Waals surface area (Å²) in [5.74, 6) is 1.28. The average Bonchev–Trinajstić information content (AvgIpc) is 3.28. The third-order valence-electron chi connectivity index (χ3n) is 6.95. The zero-order valence-electron chi connectivity index (χ0n) is 15.3. The minimum atomic E-state index is 0.357. The minimum Gasteiger partial charge on any atom is -0.342 e. The Morgan fingerprint density at radius 1 is 1.19 bits per heavy atom. The van der Waals surface area contributed by atoms with Gasteiger partial charge in [0.25, 0.3) is 0 Å². The van der Waals surface area contributed by atoms with Crippen LogP contribution in [0.3, 0.4) is 0 Å². The second-order valence-electron chi connectivity index (χ2n) is 8.55. The van der Waals surface area contributed by atoms with E-state index in [1.807, 2.05) is 6.07 Å². The fraction of sp³-hybridized carbons (Fsp3) is 0.545. The van der Waals surface area contributed by atoms with Crippen molar-refractivity contribution in [1.82, 2.24) is 15.1 Å². The number of aromatic amines is 1. The number of hydrogen-bond donors (Lipinski definition) is 1. The summed E-state index contributed by atoms with van der Waals surface area (Å²) in [5.41, 5.74) is 4.10. The van der Waals surface area contributed by atoms with Gasteiger partial charge in [-0.15, -0.1) is 0 Å². The molecule has 3 fully saturated rings. The molecule has 5 rings (SSSR count). The van der Waals surface area contributed by atoms with Gasteiger partial charge in [-0.25, -0.2) is 0 Å². The highest BCUT2D eigenvalue weighted by Crippen LogP contribution is 2.66. The lowest BCUT2D eigenvalue weighted by atomic mass is 9.79. The van der Waals surface area contributed by atoms with Crippen molar-refractivity contribution < 1.29 is 4.79 Å². The van der Waals surface area contributed by atoms with Crippen LogP contribution in [0.15, 0.2) is 36.4 Å². The lowest BCUT2D eigenvalue weighted by molar-refractivity contribution is -0.135. The summed E-state index contributed by atoms with van der Waals surface area (Å²) in [7, 11) is 0. The Morgan fingerprint density at radius 2 is 1.96 bits per heavy atom. The lowest BCUT2D eigenvalue weighted by Gasteiger charge is -2.33. The highest BCUT2D eigenvalue weighted by molar-refractivity contribution is 5.83. The molecule has 1 amide bonds. The van der Waals surface area contributed by atoms with Gasteiger partial charge in [-0.3, -0.25) is 9.89 Å². The van der Waals surface area contributed by atoms with E-state index < -0.39 is 0 Å². The Kier molecular flexibility index (Phi) is 3.87. The Balaban J connectivity index is 1.16. The zero-order valence-corrected chi connectivity index (χ0v) is 15.3. The molecule has 3 aliphatic rings. The minimum absolute atomic E-state index is 0.357. The fourth-order valence-corrected chi connectivity index (χ4v) is 4.99. The van der Waals surface area contributed by atoms with Gasteiger partial charge in [-0.1, -0.05) is 36.8 Å². The van der Waals surface area contributed by atoms with Crippen LogP contribution in [0.4, 0.5) is 0 Å². The lowest BCUT2D eigenvalue weighted by Crippen LogP contribution is -2.40. The first-order valence-corrected chi connectivity index (χ1v) is 10.1. The maximum absolute atomic E-state index is 12.7. The molecule has 0 radical (unpaired) electrons. The summed E-state index contributed by atoms with van der Waals surface area (Å²) < 4.78 is 0. The van der Waals surface area contributed by atoms with E-state index in [4.69, 9.17) is 0 Å². The van der Waals surface area contributed by atoms with Crippen LogP contribution >= 0.6 is 0 Å². The Bertz CT molecular complexity index is 785. The highest BCUT2D eigenvalue weighted by Gasteiger charge is 2.61. The van der Waals surface area contributed by atoms with Crippen LogP contribution in [0.25, 0.3) is 0 Å². The van der Waals surface area contributed by atoms with Gasteiger partial charge in [-0.2, -0.15) is 5.10 Å². The Hall–Kier alpha value is -2.10. The molecule has 4 nitrogen and oxygen atoms in total. The van der Waals surface area contributed by atoms with Gasteiger partial charge < -0.3 is 4.90 Å². The molecule has 2 saturated carbocycles. The van der Waals surface area contributed by atoms with Crippen molar-refractivity contribution in [2.75, 3.05) is 13.1 Å². The van der Waals surface area contributed by atoms with Crippen molar-refractivity contribution in [2.45, 2.75) is 50.9 Å². The number of carbonyl (C=O) groups is 1. The van der Waals surface area contributed by atoms with E-state index in [0.29, 0.717) is 23.2 Å². The third kappa shape index (κ3) is 2.85. The maximum atomic E-state index is 12.7. The van der Waals surface area contributed by atoms with Gasteiger partial charge in [0.05, 0.1) is 5.69 Å². The van der Waals surface area contributed by atoms with Crippen molar-refractivity contribution in [1.29, 1.82) is 0 Å². The second kappa shape index (κ2) is 6.26. The molecule has 26 heavy (non-hydrogen) atoms. The number of benzene rings is 1. The van der Waals surface area contributed by atoms with E-state index >= 15 is 0 Å². The summed E-state index contributed by atoms with van der Waals surface area (Å²) in [5, 5.41) is 7.78. The Morgan fingerprint density at radius 3 is 2.62 bits per heavy atom. The van der Waals surface area contributed by atoms with Gasteiger partial charge in [0.2, 0.25) is 5.91 Å². The summed E-state index contributed by atoms with van der Waals surface area (Å²) in [6, 6.07) is 12.7. The number of carbonyl (C=O) groups excluding carboxylic acids is 1. The molecule has 1 atom stereocenters. The van der Waals surface area contributed by atoms with E-state index in [1.165, 1.54) is 36.2 Å². The number of nitrogens with one attached hydrogen (secondary N) is 1. The van der Waals surface area contributed by atoms with Gasteiger partial charge >= 0.3 is 0 Å². The van der Waals surface area contributed by atoms with Crippen molar-refractivity contribution >= 4 is 5.91 Å². The first kappa shape index (κ1) is 16.1. The monoisotopic (exact) mass is 349 g/mol. The zero-order chi connectivity index (χ0) is 17.6. The number of hydrogen-bond acceptors (Lipinski definition) is 2. The van der Waals surface area contributed by atoms with Gasteiger partial charge in [0.1, 0.15) is 0 Å². The normalized spacial score (nSPS) is 24.5. The van der Waals surface area contributed by atoms with Crippen LogP contribution < -0.4 is 0 Å². The van der Waals surface area contributed by atoms with Crippen molar-refractivity contribution in [2.24, 2.45) is 11.3 Å². The smallest absolute Gasteiger partial charge is 0.226 e. The number of amides is 1. The van der Waals surface area contributed by atoms with Crippen molar-refractivity contribution in [3.63, 3.8) is 0 Å². The van der Waals surface area contributed by atoms with E-state index in [1.54, 1.807) is 0 Å². The summed E-state index contributed by atoms with van der Waals surface area (Å²) in [6.45, 7) is 1.80. The van der Waals surface area contributed by atoms with E-state index in [0.717, 1.165) is 38.8 Å². The predicted molar refractivity (Wildman–Crippen MR) is 101 cm³/mol. The largest absolute Gasteiger partial charge is 0.342 e. The van der Waals surface area contributed by atoms with Crippen LogP contribution in [-0.4, -0.2) is 34.1 Å². The first-order valence-electron chi connectivity index (χ1n) is 10.1. The fourth-order valence-electron chi connectivity index (χ4n) is 4.99. The van der Waals surface area contributed by atoms with Crippen molar-refractivity contribution in [3.8, 4) is 0 Å². The standard InChI is InChI=1S/C22H27N3O/c26-21(19-15-22(19)9-4-10-22)25-11-7-17(8-12-25)20-14-18(23-24-20)13-16-5-2-1-3-6-16/h1-3,5-6,14,17,19H,4,7-13,15H2,(H,23,24). The average molecular weight is 349 g/mol. The van der Waals surface area contributed by atoms with Crippen LogP contribution in [0.2, 0.25) is 0 Å². The number of aromatic nitrogens is 2. The summed E-state index contributed by atoms with van der Waals surface area (Å²) in [6.07, 6.45) is 8.05. The van der Waals surface area contributed by atoms with Gasteiger partial charge in [0, 0.05) is 37.0 Å². The summed E-state index contributed by atoms with van der Waals surface area (Å²) >= 11 is 0. The molecule has 2 heterocycles. The topological polar surface area (TPSA) is 49.0 Å². The SMILES string of the molecule is O=C(C1CC12CCC2)N1CCC(c2cc(Cc3ccccc3)[nH]n2)CC1. The molecule has 1 spiro atoms. The molecular formula is C22H27N3O. The molecule has 1 aromatic carbocycles. The number of nitrogens with zero attached hydrogens (tertiary/aromatic N) is 2. The van der Waals surface area contributed by atoms with Gasteiger partial charge in [0.15, 0.2) is 0 Å². The number of H-pyrrole nitrogens is 1. The molecule has 0 bridgehead atoms. The van der Waals surface area contributed by atoms with E-state index in [-0.39, 0.29) is 0 Å². The number of rotatable bonds is 4. The van der Waals surface area contributed by atoms with Crippen molar-refractivity contribution in [3.05, 3.63) is 53.3 Å². The maximum Gasteiger partial charge on any atom is 0.226 e. The molecule has 1 aliphatic heterocycles. The summed E-state index contributed by atoms with van der Waals surface area (Å²) in [4.78, 5) is 14.9. The number of piperidine rings is 1. The molecule has 1 aromatic heterocycles. The molecule has 1 unspecified atom stereocenters. The molecule has 4 heteroatoms. The Labute approximate surface area is 155 Å². The van der Waals surface area contributed by atoms with Crippen LogP contribution in [0, 0.1) is 11.3 Å². The highest BCUT2D eigenvalue weighted by atomic mass is 16.2. The van der Waals surface area contributed by atoms with Crippen LogP contribution in [0.5, 0.6) is 0 Å².